The zero-order valence-electron chi connectivity index (χ0n) is 16.6. The summed E-state index contributed by atoms with van der Waals surface area (Å²) in [7, 11) is 1.54. The van der Waals surface area contributed by atoms with E-state index in [2.05, 4.69) is 16.0 Å². The predicted molar refractivity (Wildman–Crippen MR) is 110 cm³/mol. The van der Waals surface area contributed by atoms with Crippen molar-refractivity contribution in [2.75, 3.05) is 37.4 Å². The molecule has 7 nitrogen and oxygen atoms in total. The molecule has 2 aromatic rings. The van der Waals surface area contributed by atoms with Crippen molar-refractivity contribution in [2.45, 2.75) is 12.8 Å². The second-order valence-electron chi connectivity index (χ2n) is 6.99. The Kier molecular flexibility index (Phi) is 7.05. The van der Waals surface area contributed by atoms with Crippen LogP contribution >= 0.6 is 0 Å². The average molecular weight is 418 g/mol. The van der Waals surface area contributed by atoms with Gasteiger partial charge in [-0.2, -0.15) is 0 Å². The lowest BCUT2D eigenvalue weighted by atomic mass is 9.97. The van der Waals surface area contributed by atoms with Gasteiger partial charge < -0.3 is 25.6 Å². The first-order valence-corrected chi connectivity index (χ1v) is 9.65. The van der Waals surface area contributed by atoms with Gasteiger partial charge in [0.05, 0.1) is 12.8 Å². The monoisotopic (exact) mass is 418 g/mol. The summed E-state index contributed by atoms with van der Waals surface area (Å²) in [6, 6.07) is 9.67. The summed E-state index contributed by atoms with van der Waals surface area (Å²) in [4.78, 5) is 26.1. The molecule has 0 aromatic heterocycles. The highest BCUT2D eigenvalue weighted by molar-refractivity contribution is 5.91. The van der Waals surface area contributed by atoms with Gasteiger partial charge in [-0.1, -0.05) is 18.2 Å². The van der Waals surface area contributed by atoms with Gasteiger partial charge in [0.15, 0.2) is 0 Å². The number of hydrogen-bond acceptors (Lipinski definition) is 3. The molecule has 1 aliphatic heterocycles. The van der Waals surface area contributed by atoms with Crippen molar-refractivity contribution in [3.63, 3.8) is 0 Å². The van der Waals surface area contributed by atoms with E-state index in [1.54, 1.807) is 24.1 Å². The second-order valence-corrected chi connectivity index (χ2v) is 6.99. The molecule has 3 N–H and O–H groups in total. The number of anilines is 2. The number of halogens is 2. The van der Waals surface area contributed by atoms with Gasteiger partial charge in [-0.05, 0) is 43.0 Å². The van der Waals surface area contributed by atoms with Crippen LogP contribution in [0.3, 0.4) is 0 Å². The minimum Gasteiger partial charge on any atom is -0.495 e. The Bertz CT molecular complexity index is 881. The van der Waals surface area contributed by atoms with Gasteiger partial charge in [0.25, 0.3) is 0 Å². The van der Waals surface area contributed by atoms with Gasteiger partial charge in [-0.15, -0.1) is 0 Å². The summed E-state index contributed by atoms with van der Waals surface area (Å²) < 4.78 is 32.4. The van der Waals surface area contributed by atoms with Crippen molar-refractivity contribution >= 4 is 23.4 Å². The Hall–Kier alpha value is -3.36. The van der Waals surface area contributed by atoms with E-state index < -0.39 is 23.4 Å². The molecular weight excluding hydrogens is 394 g/mol. The first-order valence-electron chi connectivity index (χ1n) is 9.65. The molecule has 0 unspecified atom stereocenters. The van der Waals surface area contributed by atoms with Crippen LogP contribution in [0.25, 0.3) is 0 Å². The zero-order valence-corrected chi connectivity index (χ0v) is 16.6. The molecule has 0 radical (unpaired) electrons. The second kappa shape index (κ2) is 9.91. The van der Waals surface area contributed by atoms with Gasteiger partial charge in [-0.3, -0.25) is 0 Å². The minimum absolute atomic E-state index is 0.163. The number of carbonyl (C=O) groups excluding carboxylic acids is 2. The average Bonchev–Trinajstić information content (AvgIpc) is 2.75. The van der Waals surface area contributed by atoms with E-state index in [0.29, 0.717) is 43.9 Å². The molecule has 1 fully saturated rings. The first-order chi connectivity index (χ1) is 14.5. The molecule has 0 saturated carbocycles. The summed E-state index contributed by atoms with van der Waals surface area (Å²) in [5.74, 6) is -0.919. The third kappa shape index (κ3) is 5.37. The van der Waals surface area contributed by atoms with E-state index >= 15 is 0 Å². The molecule has 1 saturated heterocycles. The number of piperidine rings is 1. The molecule has 30 heavy (non-hydrogen) atoms. The molecule has 3 rings (SSSR count). The van der Waals surface area contributed by atoms with E-state index in [4.69, 9.17) is 4.74 Å². The summed E-state index contributed by atoms with van der Waals surface area (Å²) in [5, 5.41) is 7.68. The number of carbonyl (C=O) groups is 2. The van der Waals surface area contributed by atoms with E-state index in [1.807, 2.05) is 12.1 Å². The molecule has 2 aromatic carbocycles. The van der Waals surface area contributed by atoms with Crippen molar-refractivity contribution in [2.24, 2.45) is 5.92 Å². The number of rotatable bonds is 5. The molecule has 0 atom stereocenters. The molecule has 160 valence electrons. The first kappa shape index (κ1) is 21.4. The maximum Gasteiger partial charge on any atom is 0.321 e. The van der Waals surface area contributed by atoms with E-state index in [0.717, 1.165) is 12.1 Å². The topological polar surface area (TPSA) is 82.7 Å². The summed E-state index contributed by atoms with van der Waals surface area (Å²) in [6.45, 7) is 1.43. The molecule has 4 amide bonds. The van der Waals surface area contributed by atoms with Crippen molar-refractivity contribution in [1.29, 1.82) is 0 Å². The molecule has 1 aliphatic rings. The Labute approximate surface area is 173 Å². The maximum absolute atomic E-state index is 13.6. The number of para-hydroxylation sites is 3. The molecule has 0 bridgehead atoms. The van der Waals surface area contributed by atoms with E-state index in [9.17, 15) is 18.4 Å². The van der Waals surface area contributed by atoms with Crippen LogP contribution in [0.1, 0.15) is 12.8 Å². The largest absolute Gasteiger partial charge is 0.495 e. The smallest absolute Gasteiger partial charge is 0.321 e. The zero-order chi connectivity index (χ0) is 21.5. The highest BCUT2D eigenvalue weighted by Gasteiger charge is 2.24. The fourth-order valence-corrected chi connectivity index (χ4v) is 3.29. The fourth-order valence-electron chi connectivity index (χ4n) is 3.29. The van der Waals surface area contributed by atoms with Crippen LogP contribution in [0.4, 0.5) is 29.7 Å². The number of benzene rings is 2. The van der Waals surface area contributed by atoms with Crippen molar-refractivity contribution in [3.05, 3.63) is 54.1 Å². The van der Waals surface area contributed by atoms with E-state index in [1.165, 1.54) is 6.07 Å². The summed E-state index contributed by atoms with van der Waals surface area (Å²) in [6.07, 6.45) is 1.40. The third-order valence-corrected chi connectivity index (χ3v) is 5.00. The van der Waals surface area contributed by atoms with Gasteiger partial charge >= 0.3 is 12.1 Å². The summed E-state index contributed by atoms with van der Waals surface area (Å²) >= 11 is 0. The Morgan fingerprint density at radius 1 is 1.03 bits per heavy atom. The van der Waals surface area contributed by atoms with Crippen molar-refractivity contribution < 1.29 is 23.1 Å². The van der Waals surface area contributed by atoms with Crippen LogP contribution in [-0.4, -0.2) is 43.7 Å². The third-order valence-electron chi connectivity index (χ3n) is 5.00. The number of nitrogens with one attached hydrogen (secondary N) is 3. The lowest BCUT2D eigenvalue weighted by molar-refractivity contribution is 0.181. The fraction of sp³-hybridized carbons (Fsp3) is 0.333. The molecular formula is C21H24F2N4O3. The molecule has 9 heteroatoms. The van der Waals surface area contributed by atoms with Gasteiger partial charge in [0.2, 0.25) is 0 Å². The lowest BCUT2D eigenvalue weighted by Gasteiger charge is -2.32. The summed E-state index contributed by atoms with van der Waals surface area (Å²) in [5.41, 5.74) is 0.128. The number of urea groups is 2. The Morgan fingerprint density at radius 3 is 2.37 bits per heavy atom. The van der Waals surface area contributed by atoms with Crippen molar-refractivity contribution in [3.8, 4) is 5.75 Å². The number of likely N-dealkylation sites (tertiary alicyclic amines) is 1. The van der Waals surface area contributed by atoms with Crippen LogP contribution in [0.5, 0.6) is 5.75 Å². The number of nitrogens with zero attached hydrogens (tertiary/aromatic N) is 1. The maximum atomic E-state index is 13.6. The van der Waals surface area contributed by atoms with Gasteiger partial charge in [-0.25, -0.2) is 18.4 Å². The van der Waals surface area contributed by atoms with Gasteiger partial charge in [0, 0.05) is 19.6 Å². The standard InChI is InChI=1S/C21H24F2N4O3/c1-30-18-8-3-2-7-17(18)25-21(29)27-11-9-14(10-12-27)13-24-20(28)26-19-15(22)5-4-6-16(19)23/h2-8,14H,9-13H2,1H3,(H,25,29)(H2,24,26,28). The van der Waals surface area contributed by atoms with Crippen LogP contribution < -0.4 is 20.7 Å². The Morgan fingerprint density at radius 2 is 1.70 bits per heavy atom. The number of methoxy groups -OCH3 is 1. The normalized spacial score (nSPS) is 14.2. The molecule has 0 aliphatic carbocycles. The van der Waals surface area contributed by atoms with Crippen molar-refractivity contribution in [1.82, 2.24) is 10.2 Å². The quantitative estimate of drug-likeness (QED) is 0.685. The van der Waals surface area contributed by atoms with Gasteiger partial charge in [0.1, 0.15) is 23.1 Å². The van der Waals surface area contributed by atoms with Crippen LogP contribution in [-0.2, 0) is 0 Å². The highest BCUT2D eigenvalue weighted by atomic mass is 19.1. The number of ether oxygens (including phenoxy) is 1. The number of hydrogen-bond donors (Lipinski definition) is 3. The van der Waals surface area contributed by atoms with Crippen LogP contribution in [0.2, 0.25) is 0 Å². The minimum atomic E-state index is -0.834. The number of amides is 4. The van der Waals surface area contributed by atoms with Crippen LogP contribution in [0, 0.1) is 17.6 Å². The van der Waals surface area contributed by atoms with Crippen LogP contribution in [0.15, 0.2) is 42.5 Å². The molecule has 1 heterocycles. The SMILES string of the molecule is COc1ccccc1NC(=O)N1CCC(CNC(=O)Nc2c(F)cccc2F)CC1. The highest BCUT2D eigenvalue weighted by Crippen LogP contribution is 2.24. The lowest BCUT2D eigenvalue weighted by Crippen LogP contribution is -2.43. The predicted octanol–water partition coefficient (Wildman–Crippen LogP) is 4.04. The van der Waals surface area contributed by atoms with E-state index in [-0.39, 0.29) is 11.9 Å². The molecule has 0 spiro atoms. The Balaban J connectivity index is 1.43.